The van der Waals surface area contributed by atoms with E-state index in [9.17, 15) is 4.79 Å². The molecule has 124 valence electrons. The van der Waals surface area contributed by atoms with Gasteiger partial charge in [-0.3, -0.25) is 4.79 Å². The van der Waals surface area contributed by atoms with Crippen LogP contribution in [0.5, 0.6) is 0 Å². The highest BCUT2D eigenvalue weighted by molar-refractivity contribution is 5.69. The summed E-state index contributed by atoms with van der Waals surface area (Å²) >= 11 is 0. The standard InChI is InChI=1S/C19H36O2/c1-5-7-8-10-17-11-13-18(14-12-17)15(3)16(4)21-19(20)9-6-2/h15-18H,5-14H2,1-4H3. The van der Waals surface area contributed by atoms with Gasteiger partial charge >= 0.3 is 5.97 Å². The molecule has 2 unspecified atom stereocenters. The molecule has 1 fully saturated rings. The lowest BCUT2D eigenvalue weighted by Gasteiger charge is -2.34. The van der Waals surface area contributed by atoms with Crippen LogP contribution in [0.1, 0.15) is 91.9 Å². The zero-order chi connectivity index (χ0) is 15.7. The second-order valence-electron chi connectivity index (χ2n) is 7.08. The normalized spacial score (nSPS) is 25.3. The molecule has 1 rings (SSSR count). The van der Waals surface area contributed by atoms with Crippen LogP contribution >= 0.6 is 0 Å². The van der Waals surface area contributed by atoms with Crippen molar-refractivity contribution in [3.63, 3.8) is 0 Å². The lowest BCUT2D eigenvalue weighted by Crippen LogP contribution is -2.30. The summed E-state index contributed by atoms with van der Waals surface area (Å²) in [6.45, 7) is 8.65. The van der Waals surface area contributed by atoms with Gasteiger partial charge < -0.3 is 4.74 Å². The van der Waals surface area contributed by atoms with Gasteiger partial charge in [0.05, 0.1) is 0 Å². The van der Waals surface area contributed by atoms with Crippen molar-refractivity contribution in [1.82, 2.24) is 0 Å². The van der Waals surface area contributed by atoms with Gasteiger partial charge in [-0.05, 0) is 43.9 Å². The predicted octanol–water partition coefficient (Wildman–Crippen LogP) is 5.74. The fraction of sp³-hybridized carbons (Fsp3) is 0.947. The Morgan fingerprint density at radius 3 is 2.29 bits per heavy atom. The third-order valence-electron chi connectivity index (χ3n) is 5.36. The lowest BCUT2D eigenvalue weighted by molar-refractivity contribution is -0.151. The molecule has 0 aromatic carbocycles. The van der Waals surface area contributed by atoms with E-state index in [-0.39, 0.29) is 12.1 Å². The average molecular weight is 296 g/mol. The first-order chi connectivity index (χ1) is 10.1. The fourth-order valence-electron chi connectivity index (χ4n) is 3.65. The quantitative estimate of drug-likeness (QED) is 0.400. The molecular weight excluding hydrogens is 260 g/mol. The van der Waals surface area contributed by atoms with E-state index in [1.807, 2.05) is 6.92 Å². The first kappa shape index (κ1) is 18.5. The summed E-state index contributed by atoms with van der Waals surface area (Å²) in [5.41, 5.74) is 0. The summed E-state index contributed by atoms with van der Waals surface area (Å²) in [4.78, 5) is 11.6. The van der Waals surface area contributed by atoms with E-state index in [2.05, 4.69) is 20.8 Å². The van der Waals surface area contributed by atoms with Gasteiger partial charge in [-0.25, -0.2) is 0 Å². The summed E-state index contributed by atoms with van der Waals surface area (Å²) in [6.07, 6.45) is 12.5. The molecule has 1 aliphatic rings. The van der Waals surface area contributed by atoms with Gasteiger partial charge in [-0.2, -0.15) is 0 Å². The Hall–Kier alpha value is -0.530. The number of hydrogen-bond acceptors (Lipinski definition) is 2. The Morgan fingerprint density at radius 1 is 1.05 bits per heavy atom. The predicted molar refractivity (Wildman–Crippen MR) is 89.2 cm³/mol. The highest BCUT2D eigenvalue weighted by Gasteiger charge is 2.29. The zero-order valence-electron chi connectivity index (χ0n) is 14.7. The van der Waals surface area contributed by atoms with E-state index < -0.39 is 0 Å². The van der Waals surface area contributed by atoms with E-state index in [1.165, 1.54) is 51.4 Å². The largest absolute Gasteiger partial charge is 0.462 e. The first-order valence-corrected chi connectivity index (χ1v) is 9.27. The highest BCUT2D eigenvalue weighted by atomic mass is 16.5. The molecule has 0 radical (unpaired) electrons. The van der Waals surface area contributed by atoms with E-state index in [4.69, 9.17) is 4.74 Å². The maximum atomic E-state index is 11.6. The molecule has 1 aliphatic carbocycles. The minimum absolute atomic E-state index is 0.0231. The zero-order valence-corrected chi connectivity index (χ0v) is 14.7. The number of unbranched alkanes of at least 4 members (excludes halogenated alkanes) is 2. The number of rotatable bonds is 9. The maximum absolute atomic E-state index is 11.6. The topological polar surface area (TPSA) is 26.3 Å². The van der Waals surface area contributed by atoms with Crippen LogP contribution in [0.4, 0.5) is 0 Å². The van der Waals surface area contributed by atoms with Gasteiger partial charge in [0.2, 0.25) is 0 Å². The van der Waals surface area contributed by atoms with Crippen LogP contribution in [0, 0.1) is 17.8 Å². The second kappa shape index (κ2) is 10.2. The monoisotopic (exact) mass is 296 g/mol. The summed E-state index contributed by atoms with van der Waals surface area (Å²) in [6, 6.07) is 0. The van der Waals surface area contributed by atoms with Crippen molar-refractivity contribution in [2.45, 2.75) is 98.0 Å². The molecule has 0 aliphatic heterocycles. The van der Waals surface area contributed by atoms with Crippen molar-refractivity contribution >= 4 is 5.97 Å². The van der Waals surface area contributed by atoms with Gasteiger partial charge in [0, 0.05) is 6.42 Å². The lowest BCUT2D eigenvalue weighted by atomic mass is 9.73. The van der Waals surface area contributed by atoms with Gasteiger partial charge in [-0.1, -0.05) is 59.3 Å². The molecule has 2 atom stereocenters. The molecule has 0 saturated heterocycles. The van der Waals surface area contributed by atoms with E-state index in [0.29, 0.717) is 12.3 Å². The van der Waals surface area contributed by atoms with Crippen LogP contribution in [0.15, 0.2) is 0 Å². The van der Waals surface area contributed by atoms with Crippen LogP contribution in [0.3, 0.4) is 0 Å². The van der Waals surface area contributed by atoms with E-state index >= 15 is 0 Å². The van der Waals surface area contributed by atoms with Crippen molar-refractivity contribution < 1.29 is 9.53 Å². The Labute approximate surface area is 132 Å². The molecule has 0 aromatic heterocycles. The van der Waals surface area contributed by atoms with Crippen LogP contribution in [-0.2, 0) is 9.53 Å². The molecule has 1 saturated carbocycles. The Bertz CT molecular complexity index is 279. The van der Waals surface area contributed by atoms with Crippen LogP contribution in [0.25, 0.3) is 0 Å². The fourth-order valence-corrected chi connectivity index (χ4v) is 3.65. The smallest absolute Gasteiger partial charge is 0.306 e. The Kier molecular flexibility index (Phi) is 9.03. The molecule has 2 heteroatoms. The van der Waals surface area contributed by atoms with Crippen molar-refractivity contribution in [2.75, 3.05) is 0 Å². The van der Waals surface area contributed by atoms with Gasteiger partial charge in [0.15, 0.2) is 0 Å². The van der Waals surface area contributed by atoms with E-state index in [0.717, 1.165) is 18.3 Å². The highest BCUT2D eigenvalue weighted by Crippen LogP contribution is 2.37. The van der Waals surface area contributed by atoms with Gasteiger partial charge in [0.1, 0.15) is 6.10 Å². The van der Waals surface area contributed by atoms with Crippen LogP contribution in [0.2, 0.25) is 0 Å². The summed E-state index contributed by atoms with van der Waals surface area (Å²) in [7, 11) is 0. The summed E-state index contributed by atoms with van der Waals surface area (Å²) in [5, 5.41) is 0. The molecule has 0 amide bonds. The second-order valence-corrected chi connectivity index (χ2v) is 7.08. The van der Waals surface area contributed by atoms with Crippen LogP contribution < -0.4 is 0 Å². The number of hydrogen-bond donors (Lipinski definition) is 0. The molecule has 0 aromatic rings. The van der Waals surface area contributed by atoms with Crippen molar-refractivity contribution in [1.29, 1.82) is 0 Å². The molecular formula is C19H36O2. The van der Waals surface area contributed by atoms with Gasteiger partial charge in [0.25, 0.3) is 0 Å². The molecule has 0 N–H and O–H groups in total. The van der Waals surface area contributed by atoms with Crippen molar-refractivity contribution in [3.8, 4) is 0 Å². The average Bonchev–Trinajstić information content (AvgIpc) is 2.47. The summed E-state index contributed by atoms with van der Waals surface area (Å²) in [5.74, 6) is 2.18. The third-order valence-corrected chi connectivity index (χ3v) is 5.36. The van der Waals surface area contributed by atoms with Gasteiger partial charge in [-0.15, -0.1) is 0 Å². The Morgan fingerprint density at radius 2 is 1.71 bits per heavy atom. The van der Waals surface area contributed by atoms with Crippen molar-refractivity contribution in [3.05, 3.63) is 0 Å². The molecule has 0 bridgehead atoms. The minimum atomic E-state index is -0.0231. The number of carbonyl (C=O) groups excluding carboxylic acids is 1. The van der Waals surface area contributed by atoms with E-state index in [1.54, 1.807) is 0 Å². The van der Waals surface area contributed by atoms with Crippen molar-refractivity contribution in [2.24, 2.45) is 17.8 Å². The molecule has 21 heavy (non-hydrogen) atoms. The number of carbonyl (C=O) groups is 1. The third kappa shape index (κ3) is 6.84. The first-order valence-electron chi connectivity index (χ1n) is 9.27. The Balaban J connectivity index is 2.27. The number of ether oxygens (including phenoxy) is 1. The molecule has 0 heterocycles. The SMILES string of the molecule is CCCCCC1CCC(C(C)C(C)OC(=O)CCC)CC1. The maximum Gasteiger partial charge on any atom is 0.306 e. The van der Waals surface area contributed by atoms with Crippen LogP contribution in [-0.4, -0.2) is 12.1 Å². The molecule has 2 nitrogen and oxygen atoms in total. The summed E-state index contributed by atoms with van der Waals surface area (Å²) < 4.78 is 5.57. The molecule has 0 spiro atoms. The number of esters is 1. The minimum Gasteiger partial charge on any atom is -0.462 e.